The second-order valence-electron chi connectivity index (χ2n) is 4.20. The van der Waals surface area contributed by atoms with Crippen LogP contribution in [0.1, 0.15) is 21.5 Å². The third kappa shape index (κ3) is 3.39. The largest absolute Gasteiger partial charge is 0.478 e. The van der Waals surface area contributed by atoms with Gasteiger partial charge < -0.3 is 9.84 Å². The van der Waals surface area contributed by atoms with Crippen molar-refractivity contribution < 1.29 is 23.4 Å². The number of carbonyl (C=O) groups is 1. The Morgan fingerprint density at radius 1 is 1.05 bits per heavy atom. The van der Waals surface area contributed by atoms with Crippen molar-refractivity contribution in [1.82, 2.24) is 0 Å². The highest BCUT2D eigenvalue weighted by Gasteiger charge is 2.10. The van der Waals surface area contributed by atoms with Gasteiger partial charge in [-0.25, -0.2) is 13.6 Å². The Balaban J connectivity index is 2.00. The first-order valence-corrected chi connectivity index (χ1v) is 5.91. The zero-order valence-corrected chi connectivity index (χ0v) is 10.5. The minimum Gasteiger partial charge on any atom is -0.478 e. The molecule has 5 heteroatoms. The number of benzene rings is 2. The van der Waals surface area contributed by atoms with Crippen molar-refractivity contribution in [3.05, 3.63) is 70.8 Å². The summed E-state index contributed by atoms with van der Waals surface area (Å²) in [4.78, 5) is 10.8. The summed E-state index contributed by atoms with van der Waals surface area (Å²) >= 11 is 0. The van der Waals surface area contributed by atoms with Crippen LogP contribution in [0.5, 0.6) is 0 Å². The Morgan fingerprint density at radius 3 is 2.50 bits per heavy atom. The molecular formula is C15H12F2O3. The molecule has 20 heavy (non-hydrogen) atoms. The fourth-order valence-electron chi connectivity index (χ4n) is 1.72. The minimum atomic E-state index is -1.33. The summed E-state index contributed by atoms with van der Waals surface area (Å²) in [6.45, 7) is 0.140. The van der Waals surface area contributed by atoms with E-state index in [2.05, 4.69) is 0 Å². The van der Waals surface area contributed by atoms with E-state index < -0.39 is 17.3 Å². The van der Waals surface area contributed by atoms with Gasteiger partial charge in [0.05, 0.1) is 18.8 Å². The van der Waals surface area contributed by atoms with Gasteiger partial charge in [0.25, 0.3) is 0 Å². The standard InChI is InChI=1S/C15H12F2O3/c16-13-4-2-1-3-11(13)9-20-8-10-5-6-14(17)12(7-10)15(18)19/h1-7H,8-9H2,(H,18,19). The van der Waals surface area contributed by atoms with Crippen LogP contribution >= 0.6 is 0 Å². The maximum absolute atomic E-state index is 13.3. The van der Waals surface area contributed by atoms with E-state index in [1.54, 1.807) is 18.2 Å². The maximum Gasteiger partial charge on any atom is 0.338 e. The van der Waals surface area contributed by atoms with E-state index in [-0.39, 0.29) is 19.0 Å². The molecule has 0 aromatic heterocycles. The lowest BCUT2D eigenvalue weighted by Crippen LogP contribution is -2.03. The molecule has 3 nitrogen and oxygen atoms in total. The van der Waals surface area contributed by atoms with Crippen LogP contribution in [0.15, 0.2) is 42.5 Å². The first-order chi connectivity index (χ1) is 9.58. The molecule has 0 atom stereocenters. The molecule has 2 rings (SSSR count). The smallest absolute Gasteiger partial charge is 0.338 e. The van der Waals surface area contributed by atoms with Crippen molar-refractivity contribution in [1.29, 1.82) is 0 Å². The van der Waals surface area contributed by atoms with Crippen molar-refractivity contribution in [3.8, 4) is 0 Å². The van der Waals surface area contributed by atoms with E-state index in [4.69, 9.17) is 9.84 Å². The maximum atomic E-state index is 13.3. The van der Waals surface area contributed by atoms with Crippen LogP contribution in [0.3, 0.4) is 0 Å². The zero-order valence-electron chi connectivity index (χ0n) is 10.5. The van der Waals surface area contributed by atoms with Crippen LogP contribution in [-0.4, -0.2) is 11.1 Å². The average molecular weight is 278 g/mol. The van der Waals surface area contributed by atoms with Gasteiger partial charge in [0.1, 0.15) is 11.6 Å². The molecule has 2 aromatic carbocycles. The van der Waals surface area contributed by atoms with Gasteiger partial charge in [-0.15, -0.1) is 0 Å². The Bertz CT molecular complexity index is 626. The summed E-state index contributed by atoms with van der Waals surface area (Å²) in [6, 6.07) is 9.93. The molecule has 0 saturated heterocycles. The van der Waals surface area contributed by atoms with Gasteiger partial charge in [-0.3, -0.25) is 0 Å². The van der Waals surface area contributed by atoms with Gasteiger partial charge >= 0.3 is 5.97 Å². The highest BCUT2D eigenvalue weighted by Crippen LogP contribution is 2.13. The van der Waals surface area contributed by atoms with Crippen LogP contribution in [-0.2, 0) is 18.0 Å². The van der Waals surface area contributed by atoms with E-state index >= 15 is 0 Å². The molecule has 0 aliphatic heterocycles. The molecule has 0 spiro atoms. The van der Waals surface area contributed by atoms with E-state index in [9.17, 15) is 13.6 Å². The molecular weight excluding hydrogens is 266 g/mol. The highest BCUT2D eigenvalue weighted by atomic mass is 19.1. The third-order valence-electron chi connectivity index (χ3n) is 2.75. The lowest BCUT2D eigenvalue weighted by atomic mass is 10.1. The zero-order chi connectivity index (χ0) is 14.5. The number of rotatable bonds is 5. The fraction of sp³-hybridized carbons (Fsp3) is 0.133. The number of halogens is 2. The van der Waals surface area contributed by atoms with Gasteiger partial charge in [-0.2, -0.15) is 0 Å². The molecule has 0 amide bonds. The number of carboxylic acids is 1. The van der Waals surface area contributed by atoms with Gasteiger partial charge in [-0.1, -0.05) is 24.3 Å². The summed E-state index contributed by atoms with van der Waals surface area (Å²) in [6.07, 6.45) is 0. The van der Waals surface area contributed by atoms with Crippen molar-refractivity contribution in [3.63, 3.8) is 0 Å². The quantitative estimate of drug-likeness (QED) is 0.912. The predicted octanol–water partition coefficient (Wildman–Crippen LogP) is 3.38. The first kappa shape index (κ1) is 14.1. The van der Waals surface area contributed by atoms with Crippen molar-refractivity contribution in [2.75, 3.05) is 0 Å². The third-order valence-corrected chi connectivity index (χ3v) is 2.75. The van der Waals surface area contributed by atoms with Crippen LogP contribution in [0.25, 0.3) is 0 Å². The molecule has 2 aromatic rings. The molecule has 0 aliphatic carbocycles. The normalized spacial score (nSPS) is 10.5. The Labute approximate surface area is 114 Å². The molecule has 104 valence electrons. The van der Waals surface area contributed by atoms with E-state index in [1.807, 2.05) is 0 Å². The summed E-state index contributed by atoms with van der Waals surface area (Å²) in [5.41, 5.74) is 0.519. The van der Waals surface area contributed by atoms with Crippen LogP contribution in [0.4, 0.5) is 8.78 Å². The van der Waals surface area contributed by atoms with Crippen molar-refractivity contribution >= 4 is 5.97 Å². The minimum absolute atomic E-state index is 0.0620. The molecule has 0 bridgehead atoms. The van der Waals surface area contributed by atoms with E-state index in [0.717, 1.165) is 6.07 Å². The summed E-state index contributed by atoms with van der Waals surface area (Å²) < 4.78 is 31.8. The molecule has 0 heterocycles. The number of ether oxygens (including phenoxy) is 1. The van der Waals surface area contributed by atoms with Crippen molar-refractivity contribution in [2.24, 2.45) is 0 Å². The topological polar surface area (TPSA) is 46.5 Å². The van der Waals surface area contributed by atoms with Gasteiger partial charge in [0.2, 0.25) is 0 Å². The highest BCUT2D eigenvalue weighted by molar-refractivity contribution is 5.88. The number of hydrogen-bond acceptors (Lipinski definition) is 2. The molecule has 0 saturated carbocycles. The molecule has 1 N–H and O–H groups in total. The Morgan fingerprint density at radius 2 is 1.80 bits per heavy atom. The number of aromatic carboxylic acids is 1. The molecule has 0 aliphatic rings. The molecule has 0 fully saturated rings. The first-order valence-electron chi connectivity index (χ1n) is 5.91. The monoisotopic (exact) mass is 278 g/mol. The average Bonchev–Trinajstić information content (AvgIpc) is 2.42. The van der Waals surface area contributed by atoms with Gasteiger partial charge in [0.15, 0.2) is 0 Å². The van der Waals surface area contributed by atoms with E-state index in [0.29, 0.717) is 11.1 Å². The second kappa shape index (κ2) is 6.25. The summed E-state index contributed by atoms with van der Waals surface area (Å²) in [5, 5.41) is 8.80. The Kier molecular flexibility index (Phi) is 4.42. The molecule has 0 unspecified atom stereocenters. The van der Waals surface area contributed by atoms with Crippen LogP contribution < -0.4 is 0 Å². The summed E-state index contributed by atoms with van der Waals surface area (Å²) in [5.74, 6) is -2.49. The van der Waals surface area contributed by atoms with Crippen molar-refractivity contribution in [2.45, 2.75) is 13.2 Å². The lowest BCUT2D eigenvalue weighted by Gasteiger charge is -2.07. The number of hydrogen-bond donors (Lipinski definition) is 1. The van der Waals surface area contributed by atoms with Crippen LogP contribution in [0.2, 0.25) is 0 Å². The number of carboxylic acid groups (broad SMARTS) is 1. The van der Waals surface area contributed by atoms with Gasteiger partial charge in [0, 0.05) is 5.56 Å². The second-order valence-corrected chi connectivity index (χ2v) is 4.20. The fourth-order valence-corrected chi connectivity index (χ4v) is 1.72. The predicted molar refractivity (Wildman–Crippen MR) is 68.3 cm³/mol. The summed E-state index contributed by atoms with van der Waals surface area (Å²) in [7, 11) is 0. The SMILES string of the molecule is O=C(O)c1cc(COCc2ccccc2F)ccc1F. The molecule has 0 radical (unpaired) electrons. The Hall–Kier alpha value is -2.27. The lowest BCUT2D eigenvalue weighted by molar-refractivity contribution is 0.0691. The van der Waals surface area contributed by atoms with Gasteiger partial charge in [-0.05, 0) is 23.8 Å². The van der Waals surface area contributed by atoms with E-state index in [1.165, 1.54) is 18.2 Å². The van der Waals surface area contributed by atoms with Crippen LogP contribution in [0, 0.1) is 11.6 Å².